The van der Waals surface area contributed by atoms with Crippen molar-refractivity contribution in [2.75, 3.05) is 13.7 Å². The van der Waals surface area contributed by atoms with Gasteiger partial charge in [-0.15, -0.1) is 0 Å². The van der Waals surface area contributed by atoms with Crippen LogP contribution in [0.15, 0.2) is 103 Å². The Labute approximate surface area is 179 Å². The number of hydrogen-bond donors (Lipinski definition) is 0. The van der Waals surface area contributed by atoms with Crippen LogP contribution in [-0.2, 0) is 19.5 Å². The van der Waals surface area contributed by atoms with E-state index in [2.05, 4.69) is 101 Å². The number of rotatable bonds is 9. The van der Waals surface area contributed by atoms with E-state index in [9.17, 15) is 0 Å². The summed E-state index contributed by atoms with van der Waals surface area (Å²) in [6, 6.07) is 33.9. The third-order valence-corrected chi connectivity index (χ3v) is 5.37. The van der Waals surface area contributed by atoms with Crippen LogP contribution in [0.5, 0.6) is 5.75 Å². The highest BCUT2D eigenvalue weighted by molar-refractivity contribution is 5.48. The topological polar surface area (TPSA) is 17.4 Å². The molecule has 3 nitrogen and oxygen atoms in total. The highest BCUT2D eigenvalue weighted by Crippen LogP contribution is 2.25. The van der Waals surface area contributed by atoms with Gasteiger partial charge in [0.15, 0.2) is 0 Å². The second kappa shape index (κ2) is 9.95. The fourth-order valence-electron chi connectivity index (χ4n) is 3.83. The lowest BCUT2D eigenvalue weighted by Gasteiger charge is -2.24. The van der Waals surface area contributed by atoms with Crippen LogP contribution in [0.1, 0.15) is 16.8 Å². The Morgan fingerprint density at radius 2 is 1.37 bits per heavy atom. The molecule has 1 heterocycles. The number of aromatic nitrogens is 1. The van der Waals surface area contributed by atoms with Gasteiger partial charge in [0.1, 0.15) is 5.75 Å². The predicted octanol–water partition coefficient (Wildman–Crippen LogP) is 5.73. The van der Waals surface area contributed by atoms with Crippen LogP contribution in [0.25, 0.3) is 5.69 Å². The van der Waals surface area contributed by atoms with Crippen molar-refractivity contribution in [1.29, 1.82) is 0 Å². The number of methoxy groups -OCH3 is 1. The monoisotopic (exact) mass is 396 g/mol. The molecule has 0 amide bonds. The molecule has 0 atom stereocenters. The van der Waals surface area contributed by atoms with E-state index in [4.69, 9.17) is 4.74 Å². The predicted molar refractivity (Wildman–Crippen MR) is 123 cm³/mol. The van der Waals surface area contributed by atoms with E-state index in [1.165, 1.54) is 16.8 Å². The largest absolute Gasteiger partial charge is 0.495 e. The summed E-state index contributed by atoms with van der Waals surface area (Å²) in [5, 5.41) is 0. The summed E-state index contributed by atoms with van der Waals surface area (Å²) in [6.07, 6.45) is 3.15. The smallest absolute Gasteiger partial charge is 0.142 e. The van der Waals surface area contributed by atoms with Crippen LogP contribution in [0, 0.1) is 0 Å². The Balaban J connectivity index is 1.56. The lowest BCUT2D eigenvalue weighted by atomic mass is 10.1. The van der Waals surface area contributed by atoms with Gasteiger partial charge in [-0.1, -0.05) is 72.8 Å². The first kappa shape index (κ1) is 20.0. The quantitative estimate of drug-likeness (QED) is 0.359. The standard InChI is InChI=1S/C27H28N2O/c1-30-27-17-9-8-16-26(27)29-19-10-15-25(29)22-28(21-24-13-6-3-7-14-24)20-18-23-11-4-2-5-12-23/h2-17,19H,18,20-22H2,1H3. The average molecular weight is 397 g/mol. The van der Waals surface area contributed by atoms with Gasteiger partial charge in [0.2, 0.25) is 0 Å². The van der Waals surface area contributed by atoms with E-state index in [1.807, 2.05) is 12.1 Å². The highest BCUT2D eigenvalue weighted by Gasteiger charge is 2.13. The molecular formula is C27H28N2O. The molecule has 0 radical (unpaired) electrons. The van der Waals surface area contributed by atoms with E-state index < -0.39 is 0 Å². The number of benzene rings is 3. The van der Waals surface area contributed by atoms with Gasteiger partial charge in [-0.25, -0.2) is 0 Å². The first-order valence-electron chi connectivity index (χ1n) is 10.4. The molecule has 0 fully saturated rings. The van der Waals surface area contributed by atoms with Crippen molar-refractivity contribution in [3.63, 3.8) is 0 Å². The molecule has 152 valence electrons. The number of nitrogens with zero attached hydrogens (tertiary/aromatic N) is 2. The van der Waals surface area contributed by atoms with Crippen molar-refractivity contribution in [2.45, 2.75) is 19.5 Å². The van der Waals surface area contributed by atoms with Gasteiger partial charge in [0.05, 0.1) is 12.8 Å². The van der Waals surface area contributed by atoms with Crippen LogP contribution in [0.2, 0.25) is 0 Å². The molecule has 0 aliphatic carbocycles. The van der Waals surface area contributed by atoms with E-state index in [0.29, 0.717) is 0 Å². The van der Waals surface area contributed by atoms with E-state index in [0.717, 1.165) is 37.5 Å². The summed E-state index contributed by atoms with van der Waals surface area (Å²) < 4.78 is 7.83. The maximum absolute atomic E-state index is 5.60. The van der Waals surface area contributed by atoms with E-state index in [1.54, 1.807) is 7.11 Å². The van der Waals surface area contributed by atoms with Crippen molar-refractivity contribution in [3.05, 3.63) is 120 Å². The van der Waals surface area contributed by atoms with Crippen molar-refractivity contribution < 1.29 is 4.74 Å². The Kier molecular flexibility index (Phi) is 6.63. The molecule has 0 unspecified atom stereocenters. The molecule has 1 aromatic heterocycles. The minimum Gasteiger partial charge on any atom is -0.495 e. The van der Waals surface area contributed by atoms with Gasteiger partial charge in [-0.2, -0.15) is 0 Å². The van der Waals surface area contributed by atoms with Gasteiger partial charge in [0.25, 0.3) is 0 Å². The summed E-state index contributed by atoms with van der Waals surface area (Å²) >= 11 is 0. The van der Waals surface area contributed by atoms with Crippen molar-refractivity contribution in [2.24, 2.45) is 0 Å². The van der Waals surface area contributed by atoms with E-state index in [-0.39, 0.29) is 0 Å². The molecular weight excluding hydrogens is 368 g/mol. The second-order valence-corrected chi connectivity index (χ2v) is 7.47. The molecule has 0 saturated carbocycles. The molecule has 0 N–H and O–H groups in total. The fraction of sp³-hybridized carbons (Fsp3) is 0.185. The fourth-order valence-corrected chi connectivity index (χ4v) is 3.83. The maximum atomic E-state index is 5.60. The molecule has 4 rings (SSSR count). The van der Waals surface area contributed by atoms with Crippen LogP contribution in [0.3, 0.4) is 0 Å². The maximum Gasteiger partial charge on any atom is 0.142 e. The number of hydrogen-bond acceptors (Lipinski definition) is 2. The van der Waals surface area contributed by atoms with Crippen LogP contribution < -0.4 is 4.74 Å². The molecule has 0 aliphatic heterocycles. The summed E-state index contributed by atoms with van der Waals surface area (Å²) in [7, 11) is 1.73. The van der Waals surface area contributed by atoms with Gasteiger partial charge < -0.3 is 9.30 Å². The Morgan fingerprint density at radius 1 is 0.700 bits per heavy atom. The van der Waals surface area contributed by atoms with Crippen molar-refractivity contribution in [3.8, 4) is 11.4 Å². The summed E-state index contributed by atoms with van der Waals surface area (Å²) in [5.41, 5.74) is 5.03. The third-order valence-electron chi connectivity index (χ3n) is 5.37. The molecule has 30 heavy (non-hydrogen) atoms. The lowest BCUT2D eigenvalue weighted by molar-refractivity contribution is 0.255. The number of para-hydroxylation sites is 2. The molecule has 0 aliphatic rings. The van der Waals surface area contributed by atoms with Gasteiger partial charge >= 0.3 is 0 Å². The zero-order chi connectivity index (χ0) is 20.6. The summed E-state index contributed by atoms with van der Waals surface area (Å²) in [4.78, 5) is 2.52. The lowest BCUT2D eigenvalue weighted by Crippen LogP contribution is -2.26. The highest BCUT2D eigenvalue weighted by atomic mass is 16.5. The Hall–Kier alpha value is -3.30. The molecule has 0 bridgehead atoms. The molecule has 3 heteroatoms. The average Bonchev–Trinajstić information content (AvgIpc) is 3.26. The van der Waals surface area contributed by atoms with Crippen molar-refractivity contribution in [1.82, 2.24) is 9.47 Å². The SMILES string of the molecule is COc1ccccc1-n1cccc1CN(CCc1ccccc1)Cc1ccccc1. The second-order valence-electron chi connectivity index (χ2n) is 7.47. The van der Waals surface area contributed by atoms with E-state index >= 15 is 0 Å². The Bertz CT molecular complexity index is 1040. The molecule has 0 saturated heterocycles. The normalized spacial score (nSPS) is 11.0. The van der Waals surface area contributed by atoms with Gasteiger partial charge in [0, 0.05) is 31.5 Å². The Morgan fingerprint density at radius 3 is 2.10 bits per heavy atom. The van der Waals surface area contributed by atoms with Crippen molar-refractivity contribution >= 4 is 0 Å². The third kappa shape index (κ3) is 5.00. The van der Waals surface area contributed by atoms with Gasteiger partial charge in [-0.05, 0) is 41.8 Å². The van der Waals surface area contributed by atoms with Crippen LogP contribution in [0.4, 0.5) is 0 Å². The first-order chi connectivity index (χ1) is 14.8. The molecule has 3 aromatic carbocycles. The minimum atomic E-state index is 0.868. The van der Waals surface area contributed by atoms with Crippen LogP contribution in [-0.4, -0.2) is 23.1 Å². The minimum absolute atomic E-state index is 0.868. The first-order valence-corrected chi connectivity index (χ1v) is 10.4. The number of ether oxygens (including phenoxy) is 1. The molecule has 4 aromatic rings. The molecule has 0 spiro atoms. The zero-order valence-electron chi connectivity index (χ0n) is 17.4. The zero-order valence-corrected chi connectivity index (χ0v) is 17.4. The van der Waals surface area contributed by atoms with Crippen LogP contribution >= 0.6 is 0 Å². The summed E-state index contributed by atoms with van der Waals surface area (Å²) in [5.74, 6) is 0.883. The van der Waals surface area contributed by atoms with Gasteiger partial charge in [-0.3, -0.25) is 4.90 Å². The summed E-state index contributed by atoms with van der Waals surface area (Å²) in [6.45, 7) is 2.79.